The minimum absolute atomic E-state index is 0.699. The molecule has 1 heterocycles. The van der Waals surface area contributed by atoms with E-state index >= 15 is 0 Å². The zero-order chi connectivity index (χ0) is 14.7. The smallest absolute Gasteiger partial charge is 0.00159 e. The molecule has 0 N–H and O–H groups in total. The molecule has 21 heavy (non-hydrogen) atoms. The lowest BCUT2D eigenvalue weighted by molar-refractivity contribution is 0.255. The number of likely N-dealkylation sites (tertiary alicyclic amines) is 1. The summed E-state index contributed by atoms with van der Waals surface area (Å²) in [5.41, 5.74) is 5.04. The third kappa shape index (κ3) is 3.25. The fourth-order valence-corrected chi connectivity index (χ4v) is 3.13. The van der Waals surface area contributed by atoms with E-state index in [-0.39, 0.29) is 0 Å². The first-order valence-electron chi connectivity index (χ1n) is 7.77. The van der Waals surface area contributed by atoms with E-state index in [1.165, 1.54) is 42.6 Å². The van der Waals surface area contributed by atoms with Gasteiger partial charge in [0.05, 0.1) is 0 Å². The Balaban J connectivity index is 1.82. The van der Waals surface area contributed by atoms with E-state index in [2.05, 4.69) is 67.1 Å². The predicted octanol–water partition coefficient (Wildman–Crippen LogP) is 4.56. The molecule has 0 bridgehead atoms. The molecular formula is C20H23N. The van der Waals surface area contributed by atoms with E-state index in [0.717, 1.165) is 5.57 Å². The second-order valence-electron chi connectivity index (χ2n) is 6.05. The average molecular weight is 277 g/mol. The van der Waals surface area contributed by atoms with Gasteiger partial charge < -0.3 is 4.90 Å². The average Bonchev–Trinajstić information content (AvgIpc) is 2.56. The van der Waals surface area contributed by atoms with Gasteiger partial charge in [-0.15, -0.1) is 0 Å². The molecule has 3 rings (SSSR count). The monoisotopic (exact) mass is 277 g/mol. The number of piperidine rings is 1. The summed E-state index contributed by atoms with van der Waals surface area (Å²) in [6, 6.07) is 19.4. The first-order valence-corrected chi connectivity index (χ1v) is 7.77. The van der Waals surface area contributed by atoms with Crippen LogP contribution in [0.4, 0.5) is 0 Å². The molecule has 2 aromatic carbocycles. The highest BCUT2D eigenvalue weighted by molar-refractivity contribution is 5.78. The van der Waals surface area contributed by atoms with Crippen LogP contribution >= 0.6 is 0 Å². The maximum atomic E-state index is 4.29. The largest absolute Gasteiger partial charge is 0.306 e. The molecule has 1 nitrogen and oxygen atoms in total. The fraction of sp³-hybridized carbons (Fsp3) is 0.300. The van der Waals surface area contributed by atoms with Crippen molar-refractivity contribution in [3.63, 3.8) is 0 Å². The summed E-state index contributed by atoms with van der Waals surface area (Å²) < 4.78 is 0. The van der Waals surface area contributed by atoms with Crippen LogP contribution in [0.1, 0.15) is 35.4 Å². The van der Waals surface area contributed by atoms with Crippen LogP contribution < -0.4 is 0 Å². The molecule has 0 atom stereocenters. The maximum absolute atomic E-state index is 4.29. The Labute approximate surface area is 127 Å². The molecule has 0 unspecified atom stereocenters. The standard InChI is InChI=1S/C20H23N/c1-16(17-7-4-3-5-8-17)19-9-6-10-20(15-19)18-11-13-21(2)14-12-18/h3-10,15,18H,1,11-14H2,2H3. The molecule has 0 aromatic heterocycles. The van der Waals surface area contributed by atoms with E-state index in [1.807, 2.05) is 6.07 Å². The van der Waals surface area contributed by atoms with Crippen LogP contribution in [-0.2, 0) is 0 Å². The fourth-order valence-electron chi connectivity index (χ4n) is 3.13. The highest BCUT2D eigenvalue weighted by Crippen LogP contribution is 2.30. The van der Waals surface area contributed by atoms with Gasteiger partial charge in [-0.05, 0) is 61.2 Å². The van der Waals surface area contributed by atoms with Crippen LogP contribution in [0.2, 0.25) is 0 Å². The lowest BCUT2D eigenvalue weighted by atomic mass is 9.87. The molecule has 1 heteroatoms. The van der Waals surface area contributed by atoms with Crippen molar-refractivity contribution in [2.75, 3.05) is 20.1 Å². The number of hydrogen-bond acceptors (Lipinski definition) is 1. The molecule has 1 aliphatic rings. The Morgan fingerprint density at radius 1 is 0.952 bits per heavy atom. The first kappa shape index (κ1) is 14.1. The van der Waals surface area contributed by atoms with E-state index in [9.17, 15) is 0 Å². The minimum atomic E-state index is 0.699. The highest BCUT2D eigenvalue weighted by atomic mass is 15.1. The van der Waals surface area contributed by atoms with Gasteiger partial charge in [0.15, 0.2) is 0 Å². The summed E-state index contributed by atoms with van der Waals surface area (Å²) >= 11 is 0. The Kier molecular flexibility index (Phi) is 4.21. The Hall–Kier alpha value is -1.86. The number of benzene rings is 2. The van der Waals surface area contributed by atoms with Crippen LogP contribution in [0.15, 0.2) is 61.2 Å². The molecule has 2 aromatic rings. The van der Waals surface area contributed by atoms with Crippen LogP contribution in [0.3, 0.4) is 0 Å². The second kappa shape index (κ2) is 6.28. The van der Waals surface area contributed by atoms with Crippen molar-refractivity contribution in [2.24, 2.45) is 0 Å². The molecular weight excluding hydrogens is 254 g/mol. The molecule has 0 saturated carbocycles. The van der Waals surface area contributed by atoms with Crippen LogP contribution in [0.25, 0.3) is 5.57 Å². The summed E-state index contributed by atoms with van der Waals surface area (Å²) in [5, 5.41) is 0. The first-order chi connectivity index (χ1) is 10.2. The van der Waals surface area contributed by atoms with Crippen molar-refractivity contribution in [3.8, 4) is 0 Å². The predicted molar refractivity (Wildman–Crippen MR) is 90.5 cm³/mol. The van der Waals surface area contributed by atoms with Crippen molar-refractivity contribution in [1.82, 2.24) is 4.90 Å². The van der Waals surface area contributed by atoms with Gasteiger partial charge in [-0.1, -0.05) is 61.2 Å². The van der Waals surface area contributed by atoms with Gasteiger partial charge in [0, 0.05) is 0 Å². The molecule has 1 saturated heterocycles. The molecule has 108 valence electrons. The molecule has 1 fully saturated rings. The summed E-state index contributed by atoms with van der Waals surface area (Å²) in [5.74, 6) is 0.699. The van der Waals surface area contributed by atoms with Gasteiger partial charge in [0.2, 0.25) is 0 Å². The van der Waals surface area contributed by atoms with Gasteiger partial charge in [0.1, 0.15) is 0 Å². The second-order valence-corrected chi connectivity index (χ2v) is 6.05. The molecule has 0 aliphatic carbocycles. The molecule has 0 radical (unpaired) electrons. The van der Waals surface area contributed by atoms with E-state index in [4.69, 9.17) is 0 Å². The number of nitrogens with zero attached hydrogens (tertiary/aromatic N) is 1. The van der Waals surface area contributed by atoms with E-state index in [0.29, 0.717) is 5.92 Å². The van der Waals surface area contributed by atoms with Crippen molar-refractivity contribution in [2.45, 2.75) is 18.8 Å². The van der Waals surface area contributed by atoms with Crippen molar-refractivity contribution in [1.29, 1.82) is 0 Å². The van der Waals surface area contributed by atoms with E-state index < -0.39 is 0 Å². The topological polar surface area (TPSA) is 3.24 Å². The number of hydrogen-bond donors (Lipinski definition) is 0. The summed E-state index contributed by atoms with van der Waals surface area (Å²) in [7, 11) is 2.21. The quantitative estimate of drug-likeness (QED) is 0.795. The van der Waals surface area contributed by atoms with Gasteiger partial charge in [-0.2, -0.15) is 0 Å². The number of rotatable bonds is 3. The van der Waals surface area contributed by atoms with Gasteiger partial charge in [-0.25, -0.2) is 0 Å². The lowest BCUT2D eigenvalue weighted by Gasteiger charge is -2.29. The minimum Gasteiger partial charge on any atom is -0.306 e. The Morgan fingerprint density at radius 2 is 1.62 bits per heavy atom. The van der Waals surface area contributed by atoms with Crippen molar-refractivity contribution < 1.29 is 0 Å². The van der Waals surface area contributed by atoms with Gasteiger partial charge in [0.25, 0.3) is 0 Å². The summed E-state index contributed by atoms with van der Waals surface area (Å²) in [4.78, 5) is 2.42. The van der Waals surface area contributed by atoms with Crippen LogP contribution in [-0.4, -0.2) is 25.0 Å². The van der Waals surface area contributed by atoms with Gasteiger partial charge in [-0.3, -0.25) is 0 Å². The van der Waals surface area contributed by atoms with Crippen molar-refractivity contribution in [3.05, 3.63) is 77.9 Å². The van der Waals surface area contributed by atoms with E-state index in [1.54, 1.807) is 0 Å². The molecule has 0 amide bonds. The zero-order valence-electron chi connectivity index (χ0n) is 12.8. The normalized spacial score (nSPS) is 16.8. The van der Waals surface area contributed by atoms with Crippen molar-refractivity contribution >= 4 is 5.57 Å². The highest BCUT2D eigenvalue weighted by Gasteiger charge is 2.18. The molecule has 1 aliphatic heterocycles. The SMILES string of the molecule is C=C(c1ccccc1)c1cccc(C2CCN(C)CC2)c1. The summed E-state index contributed by atoms with van der Waals surface area (Å²) in [6.45, 7) is 6.69. The van der Waals surface area contributed by atoms with Gasteiger partial charge >= 0.3 is 0 Å². The van der Waals surface area contributed by atoms with Crippen LogP contribution in [0.5, 0.6) is 0 Å². The third-order valence-corrected chi connectivity index (χ3v) is 4.55. The third-order valence-electron chi connectivity index (χ3n) is 4.55. The maximum Gasteiger partial charge on any atom is -0.00159 e. The molecule has 0 spiro atoms. The lowest BCUT2D eigenvalue weighted by Crippen LogP contribution is -2.29. The zero-order valence-corrected chi connectivity index (χ0v) is 12.8. The Bertz CT molecular complexity index is 607. The Morgan fingerprint density at radius 3 is 2.33 bits per heavy atom. The van der Waals surface area contributed by atoms with Crippen LogP contribution in [0, 0.1) is 0 Å². The summed E-state index contributed by atoms with van der Waals surface area (Å²) in [6.07, 6.45) is 2.52.